The molecule has 130 valence electrons. The van der Waals surface area contributed by atoms with Crippen molar-refractivity contribution in [2.75, 3.05) is 38.6 Å². The minimum atomic E-state index is 0. The molecule has 6 heteroatoms. The van der Waals surface area contributed by atoms with Gasteiger partial charge in [0.25, 0.3) is 0 Å². The first-order valence-electron chi connectivity index (χ1n) is 8.09. The van der Waals surface area contributed by atoms with Crippen LogP contribution >= 0.6 is 24.0 Å². The van der Waals surface area contributed by atoms with Gasteiger partial charge < -0.3 is 20.7 Å². The highest BCUT2D eigenvalue weighted by Crippen LogP contribution is 2.17. The molecule has 0 bridgehead atoms. The van der Waals surface area contributed by atoms with E-state index in [1.54, 1.807) is 7.11 Å². The summed E-state index contributed by atoms with van der Waals surface area (Å²) in [5.41, 5.74) is 8.08. The Morgan fingerprint density at radius 3 is 2.96 bits per heavy atom. The Morgan fingerprint density at radius 1 is 1.43 bits per heavy atom. The van der Waals surface area contributed by atoms with Crippen molar-refractivity contribution in [3.63, 3.8) is 0 Å². The molecule has 1 aromatic rings. The van der Waals surface area contributed by atoms with Crippen molar-refractivity contribution in [2.45, 2.75) is 26.4 Å². The maximum Gasteiger partial charge on any atom is 0.193 e. The van der Waals surface area contributed by atoms with Gasteiger partial charge >= 0.3 is 0 Å². The predicted octanol–water partition coefficient (Wildman–Crippen LogP) is 2.91. The Morgan fingerprint density at radius 2 is 2.22 bits per heavy atom. The zero-order valence-electron chi connectivity index (χ0n) is 14.1. The summed E-state index contributed by atoms with van der Waals surface area (Å²) >= 11 is 0. The summed E-state index contributed by atoms with van der Waals surface area (Å²) in [7, 11) is 1.69. The number of hydrogen-bond donors (Lipinski definition) is 2. The Bertz CT molecular complexity index is 495. The van der Waals surface area contributed by atoms with Crippen molar-refractivity contribution in [3.05, 3.63) is 29.8 Å². The molecule has 1 aliphatic rings. The molecule has 0 saturated carbocycles. The van der Waals surface area contributed by atoms with Gasteiger partial charge in [0.15, 0.2) is 5.96 Å². The quantitative estimate of drug-likeness (QED) is 0.412. The molecule has 0 aromatic heterocycles. The number of anilines is 1. The molecule has 1 saturated heterocycles. The first-order chi connectivity index (χ1) is 10.7. The van der Waals surface area contributed by atoms with Gasteiger partial charge in [-0.1, -0.05) is 25.1 Å². The van der Waals surface area contributed by atoms with Crippen molar-refractivity contribution >= 4 is 35.6 Å². The van der Waals surface area contributed by atoms with E-state index in [1.165, 1.54) is 19.4 Å². The van der Waals surface area contributed by atoms with Crippen LogP contribution in [0.5, 0.6) is 0 Å². The van der Waals surface area contributed by atoms with Crippen LogP contribution in [0.1, 0.15) is 25.3 Å². The third kappa shape index (κ3) is 6.64. The standard InChI is InChI=1S/C17H28N4O.HI/c1-3-21-10-6-7-14(12-21)11-19-17(18)20-16-9-5-4-8-15(16)13-22-2;/h4-5,8-9,14H,3,6-7,10-13H2,1-2H3,(H3,18,19,20);1H. The lowest BCUT2D eigenvalue weighted by molar-refractivity contribution is 0.185. The Labute approximate surface area is 156 Å². The SMILES string of the molecule is CCN1CCCC(CN=C(N)Nc2ccccc2COC)C1.I. The van der Waals surface area contributed by atoms with Gasteiger partial charge in [-0.15, -0.1) is 24.0 Å². The minimum absolute atomic E-state index is 0. The largest absolute Gasteiger partial charge is 0.380 e. The van der Waals surface area contributed by atoms with Crippen LogP contribution in [0.25, 0.3) is 0 Å². The number of methoxy groups -OCH3 is 1. The van der Waals surface area contributed by atoms with Gasteiger partial charge in [0.1, 0.15) is 0 Å². The van der Waals surface area contributed by atoms with E-state index in [9.17, 15) is 0 Å². The molecule has 0 aliphatic carbocycles. The molecular formula is C17H29IN4O. The van der Waals surface area contributed by atoms with Crippen molar-refractivity contribution in [3.8, 4) is 0 Å². The van der Waals surface area contributed by atoms with Gasteiger partial charge in [0.2, 0.25) is 0 Å². The molecule has 1 aromatic carbocycles. The number of nitrogens with zero attached hydrogens (tertiary/aromatic N) is 2. The third-order valence-electron chi connectivity index (χ3n) is 4.15. The third-order valence-corrected chi connectivity index (χ3v) is 4.15. The van der Waals surface area contributed by atoms with E-state index < -0.39 is 0 Å². The number of nitrogens with two attached hydrogens (primary N) is 1. The van der Waals surface area contributed by atoms with Gasteiger partial charge in [-0.3, -0.25) is 4.99 Å². The summed E-state index contributed by atoms with van der Waals surface area (Å²) in [6.07, 6.45) is 2.51. The highest BCUT2D eigenvalue weighted by Gasteiger charge is 2.18. The van der Waals surface area contributed by atoms with Gasteiger partial charge in [0, 0.05) is 31.5 Å². The summed E-state index contributed by atoms with van der Waals surface area (Å²) in [4.78, 5) is 7.02. The summed E-state index contributed by atoms with van der Waals surface area (Å²) in [5, 5.41) is 3.19. The van der Waals surface area contributed by atoms with E-state index in [2.05, 4.69) is 22.1 Å². The van der Waals surface area contributed by atoms with Crippen LogP contribution < -0.4 is 11.1 Å². The lowest BCUT2D eigenvalue weighted by Crippen LogP contribution is -2.36. The average molecular weight is 432 g/mol. The smallest absolute Gasteiger partial charge is 0.193 e. The summed E-state index contributed by atoms with van der Waals surface area (Å²) < 4.78 is 5.20. The van der Waals surface area contributed by atoms with Crippen molar-refractivity contribution in [1.29, 1.82) is 0 Å². The highest BCUT2D eigenvalue weighted by atomic mass is 127. The summed E-state index contributed by atoms with van der Waals surface area (Å²) in [5.74, 6) is 1.10. The van der Waals surface area contributed by atoms with Crippen molar-refractivity contribution < 1.29 is 4.74 Å². The number of guanidine groups is 1. The molecule has 1 aliphatic heterocycles. The maximum atomic E-state index is 6.04. The number of aliphatic imine (C=N–C) groups is 1. The lowest BCUT2D eigenvalue weighted by Gasteiger charge is -2.30. The van der Waals surface area contributed by atoms with Gasteiger partial charge in [-0.05, 0) is 37.9 Å². The van der Waals surface area contributed by atoms with Crippen LogP contribution in [0.2, 0.25) is 0 Å². The summed E-state index contributed by atoms with van der Waals surface area (Å²) in [6.45, 7) is 7.04. The van der Waals surface area contributed by atoms with Crippen LogP contribution in [0.3, 0.4) is 0 Å². The van der Waals surface area contributed by atoms with Gasteiger partial charge in [-0.2, -0.15) is 0 Å². The molecule has 1 fully saturated rings. The molecule has 0 radical (unpaired) electrons. The van der Waals surface area contributed by atoms with Gasteiger partial charge in [-0.25, -0.2) is 0 Å². The van der Waals surface area contributed by atoms with E-state index in [0.717, 1.165) is 30.9 Å². The molecule has 0 amide bonds. The Balaban J connectivity index is 0.00000264. The van der Waals surface area contributed by atoms with Crippen molar-refractivity contribution in [2.24, 2.45) is 16.6 Å². The molecule has 1 atom stereocenters. The molecule has 1 unspecified atom stereocenters. The first kappa shape index (κ1) is 20.2. The van der Waals surface area contributed by atoms with E-state index in [0.29, 0.717) is 18.5 Å². The fourth-order valence-electron chi connectivity index (χ4n) is 2.92. The van der Waals surface area contributed by atoms with E-state index in [4.69, 9.17) is 10.5 Å². The Hall–Kier alpha value is -0.860. The van der Waals surface area contributed by atoms with Crippen molar-refractivity contribution in [1.82, 2.24) is 4.90 Å². The second kappa shape index (κ2) is 10.8. The Kier molecular flexibility index (Phi) is 9.50. The van der Waals surface area contributed by atoms with Gasteiger partial charge in [0.05, 0.1) is 6.61 Å². The number of likely N-dealkylation sites (tertiary alicyclic amines) is 1. The monoisotopic (exact) mass is 432 g/mol. The van der Waals surface area contributed by atoms with Crippen LogP contribution in [-0.4, -0.2) is 44.1 Å². The number of para-hydroxylation sites is 1. The van der Waals surface area contributed by atoms with Crippen LogP contribution in [0, 0.1) is 5.92 Å². The number of nitrogens with one attached hydrogen (secondary N) is 1. The highest BCUT2D eigenvalue weighted by molar-refractivity contribution is 14.0. The topological polar surface area (TPSA) is 62.9 Å². The normalized spacial score (nSPS) is 19.2. The number of rotatable bonds is 6. The van der Waals surface area contributed by atoms with E-state index in [1.807, 2.05) is 24.3 Å². The molecule has 23 heavy (non-hydrogen) atoms. The molecule has 0 spiro atoms. The summed E-state index contributed by atoms with van der Waals surface area (Å²) in [6, 6.07) is 8.00. The number of piperidine rings is 1. The average Bonchev–Trinajstić information content (AvgIpc) is 2.55. The molecule has 1 heterocycles. The molecular weight excluding hydrogens is 403 g/mol. The fourth-order valence-corrected chi connectivity index (χ4v) is 2.92. The predicted molar refractivity (Wildman–Crippen MR) is 108 cm³/mol. The number of halogens is 1. The fraction of sp³-hybridized carbons (Fsp3) is 0.588. The number of hydrogen-bond acceptors (Lipinski definition) is 3. The lowest BCUT2D eigenvalue weighted by atomic mass is 9.98. The molecule has 2 rings (SSSR count). The zero-order chi connectivity index (χ0) is 15.8. The molecule has 3 N–H and O–H groups in total. The first-order valence-corrected chi connectivity index (χ1v) is 8.09. The second-order valence-electron chi connectivity index (χ2n) is 5.84. The minimum Gasteiger partial charge on any atom is -0.380 e. The zero-order valence-corrected chi connectivity index (χ0v) is 16.5. The van der Waals surface area contributed by atoms with E-state index in [-0.39, 0.29) is 24.0 Å². The second-order valence-corrected chi connectivity index (χ2v) is 5.84. The number of ether oxygens (including phenoxy) is 1. The number of benzene rings is 1. The molecule has 5 nitrogen and oxygen atoms in total. The maximum absolute atomic E-state index is 6.04. The van der Waals surface area contributed by atoms with Crippen LogP contribution in [0.4, 0.5) is 5.69 Å². The van der Waals surface area contributed by atoms with E-state index >= 15 is 0 Å². The van der Waals surface area contributed by atoms with Crippen LogP contribution in [-0.2, 0) is 11.3 Å². The van der Waals surface area contributed by atoms with Crippen LogP contribution in [0.15, 0.2) is 29.3 Å².